The van der Waals surface area contributed by atoms with Gasteiger partial charge >= 0.3 is 0 Å². The number of methoxy groups -OCH3 is 1. The van der Waals surface area contributed by atoms with Crippen molar-refractivity contribution in [3.8, 4) is 34.3 Å². The second kappa shape index (κ2) is 10.6. The first-order chi connectivity index (χ1) is 14.3. The van der Waals surface area contributed by atoms with E-state index in [2.05, 4.69) is 29.9 Å². The molecule has 0 aliphatic heterocycles. The Bertz CT molecular complexity index is 928. The van der Waals surface area contributed by atoms with E-state index in [4.69, 9.17) is 14.5 Å². The molecule has 0 saturated carbocycles. The Morgan fingerprint density at radius 3 is 2.34 bits per heavy atom. The summed E-state index contributed by atoms with van der Waals surface area (Å²) in [7, 11) is 1.65. The molecule has 0 N–H and O–H groups in total. The van der Waals surface area contributed by atoms with Gasteiger partial charge in [-0.25, -0.2) is 15.0 Å². The maximum Gasteiger partial charge on any atom is 0.167 e. The van der Waals surface area contributed by atoms with Gasteiger partial charge in [-0.2, -0.15) is 0 Å². The van der Waals surface area contributed by atoms with Crippen LogP contribution in [0.1, 0.15) is 45.1 Å². The molecule has 0 radical (unpaired) electrons. The lowest BCUT2D eigenvalue weighted by molar-refractivity contribution is 0.303. The maximum atomic E-state index is 6.23. The van der Waals surface area contributed by atoms with Gasteiger partial charge in [0.15, 0.2) is 11.6 Å². The molecule has 152 valence electrons. The average molecular weight is 392 g/mol. The van der Waals surface area contributed by atoms with Crippen LogP contribution in [-0.2, 0) is 6.42 Å². The first-order valence-corrected chi connectivity index (χ1v) is 10.4. The van der Waals surface area contributed by atoms with Crippen molar-refractivity contribution >= 4 is 0 Å². The van der Waals surface area contributed by atoms with Crippen LogP contribution < -0.4 is 9.47 Å². The Labute approximate surface area is 173 Å². The second-order valence-corrected chi connectivity index (χ2v) is 6.89. The number of aromatic nitrogens is 3. The fourth-order valence-electron chi connectivity index (χ4n) is 3.30. The highest BCUT2D eigenvalue weighted by atomic mass is 16.5. The third-order valence-corrected chi connectivity index (χ3v) is 4.88. The van der Waals surface area contributed by atoms with Crippen LogP contribution in [0.3, 0.4) is 0 Å². The van der Waals surface area contributed by atoms with Crippen LogP contribution in [0, 0.1) is 0 Å². The molecule has 3 rings (SSSR count). The number of hydrogen-bond donors (Lipinski definition) is 0. The van der Waals surface area contributed by atoms with Crippen LogP contribution in [0.4, 0.5) is 0 Å². The number of ether oxygens (including phenoxy) is 2. The zero-order valence-corrected chi connectivity index (χ0v) is 17.5. The summed E-state index contributed by atoms with van der Waals surface area (Å²) >= 11 is 0. The van der Waals surface area contributed by atoms with Gasteiger partial charge in [0.05, 0.1) is 24.8 Å². The summed E-state index contributed by atoms with van der Waals surface area (Å²) in [6.45, 7) is 5.05. The van der Waals surface area contributed by atoms with Crippen LogP contribution in [-0.4, -0.2) is 28.7 Å². The first kappa shape index (κ1) is 20.8. The summed E-state index contributed by atoms with van der Waals surface area (Å²) < 4.78 is 11.7. The Morgan fingerprint density at radius 1 is 0.828 bits per heavy atom. The number of rotatable bonds is 10. The van der Waals surface area contributed by atoms with Gasteiger partial charge in [-0.3, -0.25) is 0 Å². The largest absolute Gasteiger partial charge is 0.496 e. The van der Waals surface area contributed by atoms with Crippen molar-refractivity contribution in [1.82, 2.24) is 15.0 Å². The number of nitrogens with zero attached hydrogens (tertiary/aromatic N) is 3. The number of hydrogen-bond acceptors (Lipinski definition) is 5. The minimum absolute atomic E-state index is 0.586. The molecule has 2 aromatic carbocycles. The molecule has 0 aliphatic carbocycles. The van der Waals surface area contributed by atoms with E-state index in [0.29, 0.717) is 18.3 Å². The summed E-state index contributed by atoms with van der Waals surface area (Å²) in [5.74, 6) is 2.81. The molecule has 29 heavy (non-hydrogen) atoms. The molecule has 0 spiro atoms. The molecule has 0 saturated heterocycles. The van der Waals surface area contributed by atoms with Crippen molar-refractivity contribution in [2.75, 3.05) is 13.7 Å². The van der Waals surface area contributed by atoms with Crippen LogP contribution >= 0.6 is 0 Å². The van der Waals surface area contributed by atoms with Gasteiger partial charge in [-0.05, 0) is 36.6 Å². The predicted octanol–water partition coefficient (Wildman–Crippen LogP) is 5.74. The number of benzene rings is 2. The molecule has 1 heterocycles. The fraction of sp³-hybridized carbons (Fsp3) is 0.375. The Morgan fingerprint density at radius 2 is 1.59 bits per heavy atom. The standard InChI is InChI=1S/C24H29N3O2/c1-4-6-7-10-16-29-22-18(5-2)12-11-14-20(22)24-26-17-25-23(27-24)19-13-8-9-15-21(19)28-3/h8-9,11-15,17H,4-7,10,16H2,1-3H3. The number of aryl methyl sites for hydroxylation is 1. The maximum absolute atomic E-state index is 6.23. The molecule has 0 fully saturated rings. The number of unbranched alkanes of at least 4 members (excludes halogenated alkanes) is 3. The van der Waals surface area contributed by atoms with Gasteiger partial charge in [-0.1, -0.05) is 57.4 Å². The molecule has 0 unspecified atom stereocenters. The summed E-state index contributed by atoms with van der Waals surface area (Å²) in [6, 6.07) is 13.9. The van der Waals surface area contributed by atoms with Crippen LogP contribution in [0.5, 0.6) is 11.5 Å². The van der Waals surface area contributed by atoms with E-state index >= 15 is 0 Å². The van der Waals surface area contributed by atoms with Gasteiger partial charge in [0.25, 0.3) is 0 Å². The van der Waals surface area contributed by atoms with Crippen molar-refractivity contribution in [3.05, 3.63) is 54.4 Å². The van der Waals surface area contributed by atoms with E-state index in [0.717, 1.165) is 41.0 Å². The SMILES string of the molecule is CCCCCCOc1c(CC)cccc1-c1ncnc(-c2ccccc2OC)n1. The summed E-state index contributed by atoms with van der Waals surface area (Å²) in [5, 5.41) is 0. The summed E-state index contributed by atoms with van der Waals surface area (Å²) in [6.07, 6.45) is 7.13. The fourth-order valence-corrected chi connectivity index (χ4v) is 3.30. The molecule has 5 heteroatoms. The molecule has 0 aliphatic rings. The summed E-state index contributed by atoms with van der Waals surface area (Å²) in [5.41, 5.74) is 2.91. The van der Waals surface area contributed by atoms with Gasteiger partial charge in [-0.15, -0.1) is 0 Å². The monoisotopic (exact) mass is 391 g/mol. The highest BCUT2D eigenvalue weighted by Gasteiger charge is 2.16. The van der Waals surface area contributed by atoms with Gasteiger partial charge in [0.1, 0.15) is 17.8 Å². The van der Waals surface area contributed by atoms with E-state index in [-0.39, 0.29) is 0 Å². The van der Waals surface area contributed by atoms with E-state index < -0.39 is 0 Å². The van der Waals surface area contributed by atoms with Crippen molar-refractivity contribution < 1.29 is 9.47 Å². The van der Waals surface area contributed by atoms with Crippen molar-refractivity contribution in [3.63, 3.8) is 0 Å². The Hall–Kier alpha value is -2.95. The second-order valence-electron chi connectivity index (χ2n) is 6.89. The number of para-hydroxylation sites is 2. The third-order valence-electron chi connectivity index (χ3n) is 4.88. The smallest absolute Gasteiger partial charge is 0.167 e. The van der Waals surface area contributed by atoms with Crippen molar-refractivity contribution in [2.45, 2.75) is 46.0 Å². The molecule has 1 aromatic heterocycles. The molecule has 3 aromatic rings. The van der Waals surface area contributed by atoms with Crippen LogP contribution in [0.25, 0.3) is 22.8 Å². The van der Waals surface area contributed by atoms with Crippen molar-refractivity contribution in [1.29, 1.82) is 0 Å². The highest BCUT2D eigenvalue weighted by molar-refractivity contribution is 5.70. The van der Waals surface area contributed by atoms with Crippen LogP contribution in [0.15, 0.2) is 48.8 Å². The van der Waals surface area contributed by atoms with E-state index in [1.165, 1.54) is 19.3 Å². The molecule has 0 amide bonds. The molecule has 0 atom stereocenters. The van der Waals surface area contributed by atoms with Gasteiger partial charge < -0.3 is 9.47 Å². The lowest BCUT2D eigenvalue weighted by atomic mass is 10.1. The van der Waals surface area contributed by atoms with Crippen LogP contribution in [0.2, 0.25) is 0 Å². The molecule has 5 nitrogen and oxygen atoms in total. The Kier molecular flexibility index (Phi) is 7.56. The normalized spacial score (nSPS) is 10.7. The zero-order chi connectivity index (χ0) is 20.5. The molecular formula is C24H29N3O2. The lowest BCUT2D eigenvalue weighted by Gasteiger charge is -2.15. The first-order valence-electron chi connectivity index (χ1n) is 10.4. The van der Waals surface area contributed by atoms with Gasteiger partial charge in [0.2, 0.25) is 0 Å². The van der Waals surface area contributed by atoms with E-state index in [9.17, 15) is 0 Å². The Balaban J connectivity index is 1.94. The molecule has 0 bridgehead atoms. The molecular weight excluding hydrogens is 362 g/mol. The lowest BCUT2D eigenvalue weighted by Crippen LogP contribution is -2.04. The van der Waals surface area contributed by atoms with E-state index in [1.54, 1.807) is 13.4 Å². The topological polar surface area (TPSA) is 57.1 Å². The third kappa shape index (κ3) is 5.11. The zero-order valence-electron chi connectivity index (χ0n) is 17.5. The van der Waals surface area contributed by atoms with Crippen molar-refractivity contribution in [2.24, 2.45) is 0 Å². The summed E-state index contributed by atoms with van der Waals surface area (Å²) in [4.78, 5) is 13.5. The highest BCUT2D eigenvalue weighted by Crippen LogP contribution is 2.33. The quantitative estimate of drug-likeness (QED) is 0.413. The van der Waals surface area contributed by atoms with Gasteiger partial charge in [0, 0.05) is 0 Å². The van der Waals surface area contributed by atoms with E-state index in [1.807, 2.05) is 36.4 Å². The predicted molar refractivity (Wildman–Crippen MR) is 116 cm³/mol. The average Bonchev–Trinajstić information content (AvgIpc) is 2.79. The minimum atomic E-state index is 0.586. The minimum Gasteiger partial charge on any atom is -0.496 e.